The van der Waals surface area contributed by atoms with Crippen LogP contribution in [0, 0.1) is 5.82 Å². The zero-order valence-electron chi connectivity index (χ0n) is 12.2. The minimum absolute atomic E-state index is 0.109. The van der Waals surface area contributed by atoms with Gasteiger partial charge in [0.25, 0.3) is 0 Å². The number of halogens is 1. The van der Waals surface area contributed by atoms with Gasteiger partial charge in [-0.25, -0.2) is 4.39 Å². The second kappa shape index (κ2) is 5.70. The first-order chi connectivity index (χ1) is 9.65. The molecule has 1 aromatic rings. The van der Waals surface area contributed by atoms with Crippen molar-refractivity contribution in [2.24, 2.45) is 0 Å². The Morgan fingerprint density at radius 2 is 2.15 bits per heavy atom. The largest absolute Gasteiger partial charge is 0.375 e. The summed E-state index contributed by atoms with van der Waals surface area (Å²) in [6.07, 6.45) is 2.63. The molecule has 2 aliphatic rings. The predicted molar refractivity (Wildman–Crippen MR) is 78.5 cm³/mol. The van der Waals surface area contributed by atoms with Gasteiger partial charge in [-0.15, -0.1) is 0 Å². The fourth-order valence-corrected chi connectivity index (χ4v) is 2.76. The van der Waals surface area contributed by atoms with Gasteiger partial charge in [0, 0.05) is 36.4 Å². The number of hydrogen-bond donors (Lipinski definition) is 1. The molecule has 3 nitrogen and oxygen atoms in total. The topological polar surface area (TPSA) is 24.5 Å². The molecule has 1 saturated heterocycles. The zero-order valence-corrected chi connectivity index (χ0v) is 12.2. The third-order valence-electron chi connectivity index (χ3n) is 4.16. The fraction of sp³-hybridized carbons (Fsp3) is 0.625. The first kappa shape index (κ1) is 13.8. The molecule has 20 heavy (non-hydrogen) atoms. The second-order valence-corrected chi connectivity index (χ2v) is 6.04. The Morgan fingerprint density at radius 1 is 1.35 bits per heavy atom. The number of nitrogens with one attached hydrogen (secondary N) is 1. The van der Waals surface area contributed by atoms with Gasteiger partial charge in [-0.1, -0.05) is 6.07 Å². The van der Waals surface area contributed by atoms with Gasteiger partial charge in [-0.3, -0.25) is 0 Å². The van der Waals surface area contributed by atoms with Gasteiger partial charge in [0.1, 0.15) is 5.82 Å². The number of hydrogen-bond acceptors (Lipinski definition) is 3. The van der Waals surface area contributed by atoms with E-state index in [0.29, 0.717) is 19.2 Å². The fourth-order valence-electron chi connectivity index (χ4n) is 2.76. The van der Waals surface area contributed by atoms with E-state index in [1.807, 2.05) is 6.07 Å². The van der Waals surface area contributed by atoms with E-state index in [1.165, 1.54) is 12.8 Å². The molecule has 0 aromatic heterocycles. The quantitative estimate of drug-likeness (QED) is 0.916. The lowest BCUT2D eigenvalue weighted by Crippen LogP contribution is -2.48. The molecular weight excluding hydrogens is 255 g/mol. The maximum absolute atomic E-state index is 14.2. The Labute approximate surface area is 120 Å². The SMILES string of the molecule is CC1CN(c2cccc(F)c2CNC2CC2)C(C)CO1. The Bertz CT molecular complexity index is 476. The summed E-state index contributed by atoms with van der Waals surface area (Å²) in [5.74, 6) is -0.109. The lowest BCUT2D eigenvalue weighted by molar-refractivity contribution is 0.0343. The average molecular weight is 278 g/mol. The Morgan fingerprint density at radius 3 is 2.90 bits per heavy atom. The van der Waals surface area contributed by atoms with E-state index >= 15 is 0 Å². The van der Waals surface area contributed by atoms with Crippen LogP contribution in [0.1, 0.15) is 32.3 Å². The van der Waals surface area contributed by atoms with Crippen LogP contribution < -0.4 is 10.2 Å². The molecule has 1 saturated carbocycles. The number of rotatable bonds is 4. The molecule has 1 aliphatic carbocycles. The maximum Gasteiger partial charge on any atom is 0.129 e. The molecule has 1 aromatic carbocycles. The molecule has 3 rings (SSSR count). The summed E-state index contributed by atoms with van der Waals surface area (Å²) in [6, 6.07) is 6.26. The van der Waals surface area contributed by atoms with E-state index in [2.05, 4.69) is 24.1 Å². The average Bonchev–Trinajstić information content (AvgIpc) is 3.24. The lowest BCUT2D eigenvalue weighted by atomic mass is 10.1. The van der Waals surface area contributed by atoms with E-state index < -0.39 is 0 Å². The summed E-state index contributed by atoms with van der Waals surface area (Å²) in [7, 11) is 0. The first-order valence-electron chi connectivity index (χ1n) is 7.54. The van der Waals surface area contributed by atoms with Gasteiger partial charge in [0.05, 0.1) is 12.7 Å². The Balaban J connectivity index is 1.84. The van der Waals surface area contributed by atoms with Gasteiger partial charge >= 0.3 is 0 Å². The van der Waals surface area contributed by atoms with Gasteiger partial charge in [0.15, 0.2) is 0 Å². The number of nitrogens with zero attached hydrogens (tertiary/aromatic N) is 1. The number of benzene rings is 1. The summed E-state index contributed by atoms with van der Waals surface area (Å²) >= 11 is 0. The summed E-state index contributed by atoms with van der Waals surface area (Å²) in [5.41, 5.74) is 1.81. The number of ether oxygens (including phenoxy) is 1. The second-order valence-electron chi connectivity index (χ2n) is 6.04. The highest BCUT2D eigenvalue weighted by Crippen LogP contribution is 2.29. The molecule has 110 valence electrons. The third kappa shape index (κ3) is 2.96. The minimum atomic E-state index is -0.109. The minimum Gasteiger partial charge on any atom is -0.375 e. The van der Waals surface area contributed by atoms with Crippen molar-refractivity contribution in [3.05, 3.63) is 29.6 Å². The summed E-state index contributed by atoms with van der Waals surface area (Å²) in [6.45, 7) is 6.34. The van der Waals surface area contributed by atoms with Crippen molar-refractivity contribution in [3.63, 3.8) is 0 Å². The van der Waals surface area contributed by atoms with Crippen LogP contribution in [-0.4, -0.2) is 31.3 Å². The highest BCUT2D eigenvalue weighted by molar-refractivity contribution is 5.55. The van der Waals surface area contributed by atoms with Crippen molar-refractivity contribution >= 4 is 5.69 Å². The molecule has 1 N–H and O–H groups in total. The van der Waals surface area contributed by atoms with E-state index in [-0.39, 0.29) is 18.0 Å². The van der Waals surface area contributed by atoms with Crippen LogP contribution in [0.15, 0.2) is 18.2 Å². The molecular formula is C16H23FN2O. The molecule has 0 bridgehead atoms. The van der Waals surface area contributed by atoms with Crippen molar-refractivity contribution in [2.45, 2.75) is 51.4 Å². The number of anilines is 1. The van der Waals surface area contributed by atoms with Gasteiger partial charge < -0.3 is 15.0 Å². The van der Waals surface area contributed by atoms with Crippen LogP contribution in [-0.2, 0) is 11.3 Å². The van der Waals surface area contributed by atoms with Crippen molar-refractivity contribution in [1.82, 2.24) is 5.32 Å². The molecule has 4 heteroatoms. The molecule has 0 radical (unpaired) electrons. The van der Waals surface area contributed by atoms with Crippen molar-refractivity contribution in [3.8, 4) is 0 Å². The van der Waals surface area contributed by atoms with Crippen molar-refractivity contribution < 1.29 is 9.13 Å². The molecule has 0 amide bonds. The first-order valence-corrected chi connectivity index (χ1v) is 7.54. The van der Waals surface area contributed by atoms with Gasteiger partial charge in [0.2, 0.25) is 0 Å². The summed E-state index contributed by atoms with van der Waals surface area (Å²) in [4.78, 5) is 2.28. The smallest absolute Gasteiger partial charge is 0.129 e. The predicted octanol–water partition coefficient (Wildman–Crippen LogP) is 2.69. The summed E-state index contributed by atoms with van der Waals surface area (Å²) < 4.78 is 19.9. The third-order valence-corrected chi connectivity index (χ3v) is 4.16. The monoisotopic (exact) mass is 278 g/mol. The maximum atomic E-state index is 14.2. The standard InChI is InChI=1S/C16H23FN2O/c1-11-10-20-12(2)9-19(11)16-5-3-4-15(17)14(16)8-18-13-6-7-13/h3-5,11-13,18H,6-10H2,1-2H3. The molecule has 0 spiro atoms. The highest BCUT2D eigenvalue weighted by Gasteiger charge is 2.27. The Kier molecular flexibility index (Phi) is 3.94. The van der Waals surface area contributed by atoms with E-state index in [9.17, 15) is 4.39 Å². The van der Waals surface area contributed by atoms with Crippen molar-refractivity contribution in [2.75, 3.05) is 18.1 Å². The van der Waals surface area contributed by atoms with E-state index in [4.69, 9.17) is 4.74 Å². The lowest BCUT2D eigenvalue weighted by Gasteiger charge is -2.39. The summed E-state index contributed by atoms with van der Waals surface area (Å²) in [5, 5.41) is 3.42. The van der Waals surface area contributed by atoms with E-state index in [1.54, 1.807) is 12.1 Å². The van der Waals surface area contributed by atoms with Crippen LogP contribution in [0.2, 0.25) is 0 Å². The van der Waals surface area contributed by atoms with Crippen LogP contribution in [0.3, 0.4) is 0 Å². The van der Waals surface area contributed by atoms with Crippen molar-refractivity contribution in [1.29, 1.82) is 0 Å². The number of morpholine rings is 1. The molecule has 1 heterocycles. The van der Waals surface area contributed by atoms with Crippen LogP contribution in [0.4, 0.5) is 10.1 Å². The van der Waals surface area contributed by atoms with Crippen LogP contribution >= 0.6 is 0 Å². The van der Waals surface area contributed by atoms with E-state index in [0.717, 1.165) is 17.8 Å². The van der Waals surface area contributed by atoms with Crippen LogP contribution in [0.5, 0.6) is 0 Å². The van der Waals surface area contributed by atoms with Crippen LogP contribution in [0.25, 0.3) is 0 Å². The molecule has 2 unspecified atom stereocenters. The van der Waals surface area contributed by atoms with Gasteiger partial charge in [-0.05, 0) is 38.8 Å². The molecule has 2 fully saturated rings. The highest BCUT2D eigenvalue weighted by atomic mass is 19.1. The normalized spacial score (nSPS) is 26.9. The Hall–Kier alpha value is -1.13. The molecule has 1 aliphatic heterocycles. The molecule has 2 atom stereocenters. The van der Waals surface area contributed by atoms with Gasteiger partial charge in [-0.2, -0.15) is 0 Å². The zero-order chi connectivity index (χ0) is 14.1.